The Hall–Kier alpha value is -2.93. The van der Waals surface area contributed by atoms with Gasteiger partial charge in [-0.1, -0.05) is 163 Å². The number of fused-ring (bicyclic) bond motifs is 1. The summed E-state index contributed by atoms with van der Waals surface area (Å²) in [5.74, 6) is -1.00. The van der Waals surface area contributed by atoms with Crippen molar-refractivity contribution in [2.45, 2.75) is 108 Å². The van der Waals surface area contributed by atoms with E-state index in [-0.39, 0.29) is 10.1 Å². The average molecular weight is 697 g/mol. The smallest absolute Gasteiger partial charge is 0.261 e. The summed E-state index contributed by atoms with van der Waals surface area (Å²) < 4.78 is 28.4. The molecule has 6 atom stereocenters. The van der Waals surface area contributed by atoms with Crippen molar-refractivity contribution in [3.8, 4) is 0 Å². The van der Waals surface area contributed by atoms with Crippen molar-refractivity contribution < 1.29 is 28.5 Å². The molecule has 1 aliphatic heterocycles. The highest BCUT2D eigenvalue weighted by Gasteiger charge is 2.64. The first-order valence-corrected chi connectivity index (χ1v) is 21.2. The zero-order valence-electron chi connectivity index (χ0n) is 30.0. The largest absolute Gasteiger partial charge is 0.399 e. The van der Waals surface area contributed by atoms with Crippen LogP contribution in [0.15, 0.2) is 121 Å². The van der Waals surface area contributed by atoms with Gasteiger partial charge in [0.25, 0.3) is 16.6 Å². The van der Waals surface area contributed by atoms with Crippen LogP contribution < -0.4 is 20.7 Å². The lowest BCUT2D eigenvalue weighted by Gasteiger charge is -2.53. The number of hydrogen-bond donors (Lipinski definition) is 2. The van der Waals surface area contributed by atoms with E-state index >= 15 is 0 Å². The molecule has 1 heterocycles. The van der Waals surface area contributed by atoms with Crippen LogP contribution in [0.5, 0.6) is 0 Å². The van der Waals surface area contributed by atoms with Crippen molar-refractivity contribution in [2.24, 2.45) is 0 Å². The van der Waals surface area contributed by atoms with E-state index in [9.17, 15) is 10.2 Å². The van der Waals surface area contributed by atoms with E-state index in [1.54, 1.807) is 0 Å². The quantitative estimate of drug-likeness (QED) is 0.249. The molecule has 0 amide bonds. The Labute approximate surface area is 294 Å². The Kier molecular flexibility index (Phi) is 9.76. The molecule has 1 aliphatic carbocycles. The molecule has 0 aromatic heterocycles. The van der Waals surface area contributed by atoms with Crippen LogP contribution in [0.1, 0.15) is 55.4 Å². The van der Waals surface area contributed by atoms with Gasteiger partial charge in [0.2, 0.25) is 0 Å². The summed E-state index contributed by atoms with van der Waals surface area (Å²) in [7, 11) is -6.31. The molecule has 2 N–H and O–H groups in total. The normalized spacial score (nSPS) is 25.9. The monoisotopic (exact) mass is 696 g/mol. The van der Waals surface area contributed by atoms with Crippen molar-refractivity contribution >= 4 is 37.4 Å². The number of rotatable bonds is 8. The van der Waals surface area contributed by atoms with Crippen LogP contribution in [-0.4, -0.2) is 69.3 Å². The third-order valence-corrected chi connectivity index (χ3v) is 20.4. The lowest BCUT2D eigenvalue weighted by atomic mass is 9.85. The maximum atomic E-state index is 12.3. The molecule has 1 saturated heterocycles. The van der Waals surface area contributed by atoms with Crippen LogP contribution in [-0.2, 0) is 18.3 Å². The topological polar surface area (TPSA) is 77.4 Å². The molecule has 6 nitrogen and oxygen atoms in total. The number of benzene rings is 4. The summed E-state index contributed by atoms with van der Waals surface area (Å²) in [5.41, 5.74) is 0. The Morgan fingerprint density at radius 1 is 0.490 bits per heavy atom. The third-order valence-electron chi connectivity index (χ3n) is 10.3. The second-order valence-corrected chi connectivity index (χ2v) is 24.5. The first-order valence-electron chi connectivity index (χ1n) is 17.4. The minimum Gasteiger partial charge on any atom is -0.399 e. The molecule has 0 unspecified atom stereocenters. The van der Waals surface area contributed by atoms with E-state index in [1.165, 1.54) is 0 Å². The minimum atomic E-state index is -3.16. The van der Waals surface area contributed by atoms with Gasteiger partial charge in [-0.15, -0.1) is 0 Å². The fraction of sp³-hybridized carbons (Fsp3) is 0.415. The van der Waals surface area contributed by atoms with Gasteiger partial charge < -0.3 is 28.5 Å². The summed E-state index contributed by atoms with van der Waals surface area (Å²) in [4.78, 5) is 0. The lowest BCUT2D eigenvalue weighted by Crippen LogP contribution is -2.75. The third kappa shape index (κ3) is 6.32. The zero-order valence-corrected chi connectivity index (χ0v) is 32.0. The predicted octanol–water partition coefficient (Wildman–Crippen LogP) is 5.13. The summed E-state index contributed by atoms with van der Waals surface area (Å²) in [5, 5.41) is 28.3. The molecular weight excluding hydrogens is 645 g/mol. The fourth-order valence-electron chi connectivity index (χ4n) is 8.17. The molecule has 2 fully saturated rings. The van der Waals surface area contributed by atoms with E-state index in [0.717, 1.165) is 20.7 Å². The van der Waals surface area contributed by atoms with Crippen LogP contribution in [0.25, 0.3) is 0 Å². The van der Waals surface area contributed by atoms with Gasteiger partial charge in [-0.25, -0.2) is 0 Å². The Morgan fingerprint density at radius 3 is 0.959 bits per heavy atom. The summed E-state index contributed by atoms with van der Waals surface area (Å²) in [6.07, 6.45) is -5.84. The van der Waals surface area contributed by atoms with Crippen LogP contribution in [0, 0.1) is 0 Å². The van der Waals surface area contributed by atoms with Crippen molar-refractivity contribution in [3.05, 3.63) is 121 Å². The predicted molar refractivity (Wildman–Crippen MR) is 201 cm³/mol. The maximum absolute atomic E-state index is 12.3. The van der Waals surface area contributed by atoms with Gasteiger partial charge in [0.15, 0.2) is 5.79 Å². The van der Waals surface area contributed by atoms with Crippen LogP contribution >= 0.6 is 0 Å². The molecule has 2 aliphatic rings. The second-order valence-electron chi connectivity index (χ2n) is 16.0. The summed E-state index contributed by atoms with van der Waals surface area (Å²) >= 11 is 0. The second kappa shape index (κ2) is 13.3. The molecular formula is C41H52O6Si2. The summed E-state index contributed by atoms with van der Waals surface area (Å²) in [6, 6.07) is 41.3. The van der Waals surface area contributed by atoms with Crippen LogP contribution in [0.4, 0.5) is 0 Å². The van der Waals surface area contributed by atoms with Gasteiger partial charge >= 0.3 is 0 Å². The molecule has 260 valence electrons. The Balaban J connectivity index is 1.49. The van der Waals surface area contributed by atoms with E-state index in [0.29, 0.717) is 0 Å². The van der Waals surface area contributed by atoms with Crippen molar-refractivity contribution in [1.82, 2.24) is 0 Å². The first-order chi connectivity index (χ1) is 23.1. The van der Waals surface area contributed by atoms with Crippen molar-refractivity contribution in [2.75, 3.05) is 0 Å². The van der Waals surface area contributed by atoms with Crippen molar-refractivity contribution in [3.63, 3.8) is 0 Å². The van der Waals surface area contributed by atoms with Gasteiger partial charge in [-0.2, -0.15) is 0 Å². The highest BCUT2D eigenvalue weighted by Crippen LogP contribution is 2.46. The molecule has 4 aromatic carbocycles. The lowest BCUT2D eigenvalue weighted by molar-refractivity contribution is -0.182. The number of ether oxygens (including phenoxy) is 2. The van der Waals surface area contributed by atoms with Gasteiger partial charge in [0.05, 0.1) is 0 Å². The minimum absolute atomic E-state index is 0.354. The summed E-state index contributed by atoms with van der Waals surface area (Å²) in [6.45, 7) is 17.0. The van der Waals surface area contributed by atoms with Gasteiger partial charge in [0, 0.05) is 0 Å². The van der Waals surface area contributed by atoms with Gasteiger partial charge in [0.1, 0.15) is 36.6 Å². The number of aliphatic hydroxyl groups is 2. The highest BCUT2D eigenvalue weighted by molar-refractivity contribution is 7.00. The Bertz CT molecular complexity index is 1470. The SMILES string of the molecule is CC1(C)O[C@H]2[C@H](O1)[C@@H](O[Si](c1ccccc1)(c1ccccc1)C(C)(C)C)[C@H](O)[C@H](O)[C@H]2O[Si](c1ccccc1)(c1ccccc1)C(C)(C)C. The standard InChI is InChI=1S/C41H52O6Si2/c1-39(2,3)48(29-21-13-9-14-22-29,30-23-15-10-16-24-30)46-35-33(42)34(43)36(38-37(35)44-41(7,8)45-38)47-49(40(4,5)6,31-25-17-11-18-26-31)32-27-19-12-20-28-32/h9-28,33-38,42-43H,1-8H3/t33-,34+,35+,36-,37-,38-/m1/s1. The molecule has 6 rings (SSSR count). The van der Waals surface area contributed by atoms with E-state index < -0.39 is 59.0 Å². The van der Waals surface area contributed by atoms with Crippen LogP contribution in [0.3, 0.4) is 0 Å². The molecule has 0 spiro atoms. The van der Waals surface area contributed by atoms with Gasteiger partial charge in [-0.3, -0.25) is 0 Å². The fourth-order valence-corrected chi connectivity index (χ4v) is 17.6. The number of aliphatic hydroxyl groups excluding tert-OH is 2. The highest BCUT2D eigenvalue weighted by atomic mass is 28.4. The van der Waals surface area contributed by atoms with E-state index in [1.807, 2.05) is 86.6 Å². The van der Waals surface area contributed by atoms with Gasteiger partial charge in [-0.05, 0) is 44.7 Å². The van der Waals surface area contributed by atoms with Crippen molar-refractivity contribution in [1.29, 1.82) is 0 Å². The molecule has 49 heavy (non-hydrogen) atoms. The zero-order chi connectivity index (χ0) is 35.2. The molecule has 0 bridgehead atoms. The van der Waals surface area contributed by atoms with Crippen LogP contribution in [0.2, 0.25) is 10.1 Å². The van der Waals surface area contributed by atoms with E-state index in [2.05, 4.69) is 90.1 Å². The molecule has 8 heteroatoms. The molecule has 1 saturated carbocycles. The Morgan fingerprint density at radius 2 is 0.735 bits per heavy atom. The number of hydrogen-bond acceptors (Lipinski definition) is 6. The first kappa shape index (κ1) is 35.9. The molecule has 4 aromatic rings. The maximum Gasteiger partial charge on any atom is 0.261 e. The molecule has 0 radical (unpaired) electrons. The average Bonchev–Trinajstić information content (AvgIpc) is 3.40. The van der Waals surface area contributed by atoms with E-state index in [4.69, 9.17) is 18.3 Å².